The number of ether oxygens (including phenoxy) is 2. The molecule has 0 aromatic carbocycles. The van der Waals surface area contributed by atoms with E-state index < -0.39 is 5.60 Å². The zero-order valence-corrected chi connectivity index (χ0v) is 16.4. The molecule has 1 aromatic heterocycles. The van der Waals surface area contributed by atoms with Gasteiger partial charge in [-0.2, -0.15) is 13.5 Å². The van der Waals surface area contributed by atoms with Crippen LogP contribution < -0.4 is 0 Å². The minimum atomic E-state index is -0.461. The van der Waals surface area contributed by atoms with Crippen molar-refractivity contribution >= 4 is 19.6 Å². The number of piperidine rings is 1. The Balaban J connectivity index is 0.00000288. The first-order chi connectivity index (χ1) is 10.7. The summed E-state index contributed by atoms with van der Waals surface area (Å²) in [4.78, 5) is 18.3. The lowest BCUT2D eigenvalue weighted by Crippen LogP contribution is -2.45. The number of likely N-dealkylation sites (tertiary alicyclic amines) is 1. The number of hydrogen-bond donors (Lipinski definition) is 0. The molecule has 0 bridgehead atoms. The minimum Gasteiger partial charge on any atom is -0.444 e. The summed E-state index contributed by atoms with van der Waals surface area (Å²) in [7, 11) is 0. The third-order valence-corrected chi connectivity index (χ3v) is 3.66. The highest BCUT2D eigenvalue weighted by atomic mass is 32.1. The van der Waals surface area contributed by atoms with Gasteiger partial charge in [0.05, 0.1) is 19.3 Å². The monoisotopic (exact) mass is 354 g/mol. The van der Waals surface area contributed by atoms with Crippen LogP contribution in [0, 0.1) is 13.8 Å². The number of aryl methyl sites for hydroxylation is 2. The highest BCUT2D eigenvalue weighted by molar-refractivity contribution is 7.59. The molecule has 5 nitrogen and oxygen atoms in total. The minimum absolute atomic E-state index is 0. The second-order valence-electron chi connectivity index (χ2n) is 7.26. The molecule has 1 saturated heterocycles. The zero-order valence-electron chi connectivity index (χ0n) is 15.4. The Morgan fingerprint density at radius 2 is 1.92 bits per heavy atom. The first-order valence-electron chi connectivity index (χ1n) is 8.26. The third-order valence-electron chi connectivity index (χ3n) is 3.66. The first-order valence-corrected chi connectivity index (χ1v) is 8.26. The van der Waals surface area contributed by atoms with E-state index in [1.165, 1.54) is 0 Å². The van der Waals surface area contributed by atoms with Gasteiger partial charge in [0.25, 0.3) is 0 Å². The predicted molar refractivity (Wildman–Crippen MR) is 99.7 cm³/mol. The van der Waals surface area contributed by atoms with E-state index in [-0.39, 0.29) is 25.7 Å². The number of pyridine rings is 1. The summed E-state index contributed by atoms with van der Waals surface area (Å²) in [6.07, 6.45) is 1.73. The number of nitrogens with zero attached hydrogens (tertiary/aromatic N) is 2. The van der Waals surface area contributed by atoms with Gasteiger partial charge < -0.3 is 14.4 Å². The molecule has 136 valence electrons. The molecule has 0 radical (unpaired) electrons. The molecule has 24 heavy (non-hydrogen) atoms. The van der Waals surface area contributed by atoms with Gasteiger partial charge in [-0.25, -0.2) is 4.79 Å². The van der Waals surface area contributed by atoms with E-state index >= 15 is 0 Å². The lowest BCUT2D eigenvalue weighted by Gasteiger charge is -2.34. The molecule has 1 aliphatic rings. The molecule has 0 spiro atoms. The van der Waals surface area contributed by atoms with Gasteiger partial charge in [-0.15, -0.1) is 0 Å². The Hall–Kier alpha value is -1.27. The molecule has 0 aliphatic carbocycles. The Bertz CT molecular complexity index is 537. The van der Waals surface area contributed by atoms with Gasteiger partial charge in [-0.05, 0) is 65.2 Å². The van der Waals surface area contributed by atoms with Crippen LogP contribution in [-0.2, 0) is 16.1 Å². The number of amides is 1. The fourth-order valence-electron chi connectivity index (χ4n) is 2.78. The summed E-state index contributed by atoms with van der Waals surface area (Å²) in [5, 5.41) is 0. The molecule has 1 amide bonds. The van der Waals surface area contributed by atoms with Gasteiger partial charge in [0.2, 0.25) is 0 Å². The number of aromatic nitrogens is 1. The van der Waals surface area contributed by atoms with Gasteiger partial charge in [-0.1, -0.05) is 0 Å². The smallest absolute Gasteiger partial charge is 0.410 e. The van der Waals surface area contributed by atoms with E-state index in [0.29, 0.717) is 13.2 Å². The molecular weight excluding hydrogens is 324 g/mol. The number of carbonyl (C=O) groups excluding carboxylic acids is 1. The summed E-state index contributed by atoms with van der Waals surface area (Å²) in [6, 6.07) is 4.09. The second-order valence-corrected chi connectivity index (χ2v) is 7.26. The van der Waals surface area contributed by atoms with E-state index in [9.17, 15) is 4.79 Å². The number of hydrogen-bond acceptors (Lipinski definition) is 4. The molecule has 1 aromatic rings. The third kappa shape index (κ3) is 6.69. The van der Waals surface area contributed by atoms with Crippen molar-refractivity contribution in [2.45, 2.75) is 65.8 Å². The average Bonchev–Trinajstić information content (AvgIpc) is 2.43. The molecule has 6 heteroatoms. The highest BCUT2D eigenvalue weighted by Crippen LogP contribution is 2.18. The molecule has 0 saturated carbocycles. The van der Waals surface area contributed by atoms with Crippen molar-refractivity contribution in [1.82, 2.24) is 9.88 Å². The van der Waals surface area contributed by atoms with Crippen LogP contribution in [0.3, 0.4) is 0 Å². The van der Waals surface area contributed by atoms with Crippen molar-refractivity contribution in [3.63, 3.8) is 0 Å². The van der Waals surface area contributed by atoms with Crippen LogP contribution in [0.5, 0.6) is 0 Å². The summed E-state index contributed by atoms with van der Waals surface area (Å²) in [5.41, 5.74) is 2.67. The van der Waals surface area contributed by atoms with Crippen molar-refractivity contribution in [3.05, 3.63) is 29.1 Å². The van der Waals surface area contributed by atoms with Crippen LogP contribution in [0.25, 0.3) is 0 Å². The van der Waals surface area contributed by atoms with Crippen molar-refractivity contribution in [3.8, 4) is 0 Å². The Morgan fingerprint density at radius 3 is 2.50 bits per heavy atom. The maximum Gasteiger partial charge on any atom is 0.410 e. The standard InChI is InChI=1S/C18H28N2O3.H2S/c1-13-9-15(10-14(2)19-13)12-22-16-7-6-8-20(11-16)17(21)23-18(3,4)5;/h9-10,16H,6-8,11-12H2,1-5H3;1H2/t16-;/m0./s1. The topological polar surface area (TPSA) is 51.7 Å². The fraction of sp³-hybridized carbons (Fsp3) is 0.667. The average molecular weight is 355 g/mol. The van der Waals surface area contributed by atoms with E-state index in [1.54, 1.807) is 4.90 Å². The van der Waals surface area contributed by atoms with Crippen LogP contribution in [0.1, 0.15) is 50.6 Å². The van der Waals surface area contributed by atoms with Crippen molar-refractivity contribution in [2.24, 2.45) is 0 Å². The molecule has 0 unspecified atom stereocenters. The van der Waals surface area contributed by atoms with E-state index in [2.05, 4.69) is 4.98 Å². The van der Waals surface area contributed by atoms with E-state index in [1.807, 2.05) is 46.8 Å². The Labute approximate surface area is 152 Å². The van der Waals surface area contributed by atoms with Crippen molar-refractivity contribution in [1.29, 1.82) is 0 Å². The van der Waals surface area contributed by atoms with Gasteiger partial charge in [0, 0.05) is 17.9 Å². The molecule has 0 N–H and O–H groups in total. The highest BCUT2D eigenvalue weighted by Gasteiger charge is 2.27. The van der Waals surface area contributed by atoms with Crippen LogP contribution in [0.2, 0.25) is 0 Å². The Kier molecular flexibility index (Phi) is 7.55. The van der Waals surface area contributed by atoms with E-state index in [0.717, 1.165) is 36.3 Å². The number of rotatable bonds is 3. The van der Waals surface area contributed by atoms with Crippen LogP contribution in [0.4, 0.5) is 4.79 Å². The normalized spacial score (nSPS) is 18.0. The molecular formula is C18H30N2O3S. The lowest BCUT2D eigenvalue weighted by atomic mass is 10.1. The molecule has 2 heterocycles. The fourth-order valence-corrected chi connectivity index (χ4v) is 2.78. The largest absolute Gasteiger partial charge is 0.444 e. The first kappa shape index (κ1) is 20.8. The van der Waals surface area contributed by atoms with Crippen molar-refractivity contribution < 1.29 is 14.3 Å². The molecule has 1 fully saturated rings. The lowest BCUT2D eigenvalue weighted by molar-refractivity contribution is -0.0259. The zero-order chi connectivity index (χ0) is 17.0. The van der Waals surface area contributed by atoms with Crippen LogP contribution in [-0.4, -0.2) is 40.8 Å². The van der Waals surface area contributed by atoms with Gasteiger partial charge >= 0.3 is 6.09 Å². The maximum absolute atomic E-state index is 12.2. The quantitative estimate of drug-likeness (QED) is 0.830. The van der Waals surface area contributed by atoms with Gasteiger partial charge in [0.1, 0.15) is 5.60 Å². The predicted octanol–water partition coefficient (Wildman–Crippen LogP) is 3.73. The Morgan fingerprint density at radius 1 is 1.29 bits per heavy atom. The van der Waals surface area contributed by atoms with E-state index in [4.69, 9.17) is 9.47 Å². The number of carbonyl (C=O) groups is 1. The van der Waals surface area contributed by atoms with Gasteiger partial charge in [0.15, 0.2) is 0 Å². The summed E-state index contributed by atoms with van der Waals surface area (Å²) >= 11 is 0. The van der Waals surface area contributed by atoms with Crippen molar-refractivity contribution in [2.75, 3.05) is 13.1 Å². The molecule has 2 rings (SSSR count). The summed E-state index contributed by atoms with van der Waals surface area (Å²) in [5.74, 6) is 0. The van der Waals surface area contributed by atoms with Crippen LogP contribution >= 0.6 is 13.5 Å². The SMILES string of the molecule is Cc1cc(CO[C@H]2CCCN(C(=O)OC(C)(C)C)C2)cc(C)n1.S. The van der Waals surface area contributed by atoms with Gasteiger partial charge in [-0.3, -0.25) is 4.98 Å². The second kappa shape index (κ2) is 8.72. The molecule has 1 atom stereocenters. The van der Waals surface area contributed by atoms with Crippen LogP contribution in [0.15, 0.2) is 12.1 Å². The molecule has 1 aliphatic heterocycles. The summed E-state index contributed by atoms with van der Waals surface area (Å²) in [6.45, 7) is 11.5. The maximum atomic E-state index is 12.2. The summed E-state index contributed by atoms with van der Waals surface area (Å²) < 4.78 is 11.5.